The molecule has 112 valence electrons. The summed E-state index contributed by atoms with van der Waals surface area (Å²) >= 11 is 0. The van der Waals surface area contributed by atoms with Crippen molar-refractivity contribution in [3.8, 4) is 5.75 Å². The summed E-state index contributed by atoms with van der Waals surface area (Å²) < 4.78 is 18.7. The predicted octanol–water partition coefficient (Wildman–Crippen LogP) is 3.95. The molecule has 0 amide bonds. The van der Waals surface area contributed by atoms with Gasteiger partial charge in [-0.15, -0.1) is 0 Å². The summed E-state index contributed by atoms with van der Waals surface area (Å²) in [7, 11) is 1.46. The molecule has 3 heteroatoms. The van der Waals surface area contributed by atoms with Gasteiger partial charge in [0.2, 0.25) is 0 Å². The Kier molecular flexibility index (Phi) is 4.69. The van der Waals surface area contributed by atoms with Gasteiger partial charge in [-0.25, -0.2) is 4.39 Å². The molecule has 0 saturated heterocycles. The molecule has 2 rings (SSSR count). The molecule has 0 aromatic heterocycles. The van der Waals surface area contributed by atoms with Crippen LogP contribution in [0, 0.1) is 17.7 Å². The van der Waals surface area contributed by atoms with E-state index in [-0.39, 0.29) is 11.6 Å². The maximum Gasteiger partial charge on any atom is 0.165 e. The summed E-state index contributed by atoms with van der Waals surface area (Å²) in [4.78, 5) is 0. The fourth-order valence-corrected chi connectivity index (χ4v) is 3.60. The van der Waals surface area contributed by atoms with E-state index >= 15 is 0 Å². The standard InChI is InChI=1S/C17H25FO2/c1-12(2)14-6-4-5-9-17(14,19)11-13-7-8-16(20-3)15(18)10-13/h7-8,10,12,14,19H,4-6,9,11H2,1-3H3. The number of benzene rings is 1. The fraction of sp³-hybridized carbons (Fsp3) is 0.647. The van der Waals surface area contributed by atoms with Crippen LogP contribution in [-0.4, -0.2) is 17.8 Å². The van der Waals surface area contributed by atoms with E-state index < -0.39 is 5.60 Å². The SMILES string of the molecule is COc1ccc(CC2(O)CCCCC2C(C)C)cc1F. The number of aliphatic hydroxyl groups is 1. The topological polar surface area (TPSA) is 29.5 Å². The molecule has 2 nitrogen and oxygen atoms in total. The third-order valence-electron chi connectivity index (χ3n) is 4.60. The molecule has 0 radical (unpaired) electrons. The molecular weight excluding hydrogens is 255 g/mol. The number of methoxy groups -OCH3 is 1. The van der Waals surface area contributed by atoms with Gasteiger partial charge in [0.05, 0.1) is 12.7 Å². The highest BCUT2D eigenvalue weighted by molar-refractivity contribution is 5.30. The fourth-order valence-electron chi connectivity index (χ4n) is 3.60. The normalized spacial score (nSPS) is 26.8. The van der Waals surface area contributed by atoms with Gasteiger partial charge >= 0.3 is 0 Å². The third kappa shape index (κ3) is 3.14. The molecule has 0 bridgehead atoms. The minimum Gasteiger partial charge on any atom is -0.494 e. The van der Waals surface area contributed by atoms with Gasteiger partial charge in [-0.05, 0) is 42.4 Å². The molecule has 20 heavy (non-hydrogen) atoms. The van der Waals surface area contributed by atoms with Crippen LogP contribution in [-0.2, 0) is 6.42 Å². The van der Waals surface area contributed by atoms with E-state index in [0.29, 0.717) is 18.3 Å². The number of rotatable bonds is 4. The first kappa shape index (κ1) is 15.3. The smallest absolute Gasteiger partial charge is 0.165 e. The van der Waals surface area contributed by atoms with E-state index in [2.05, 4.69) is 13.8 Å². The Bertz CT molecular complexity index is 458. The van der Waals surface area contributed by atoms with Gasteiger partial charge in [0.25, 0.3) is 0 Å². The zero-order chi connectivity index (χ0) is 14.8. The van der Waals surface area contributed by atoms with Crippen LogP contribution >= 0.6 is 0 Å². The van der Waals surface area contributed by atoms with Gasteiger partial charge in [-0.3, -0.25) is 0 Å². The van der Waals surface area contributed by atoms with Gasteiger partial charge in [-0.2, -0.15) is 0 Å². The molecule has 1 aromatic carbocycles. The first-order chi connectivity index (χ1) is 9.46. The maximum absolute atomic E-state index is 13.8. The summed E-state index contributed by atoms with van der Waals surface area (Å²) in [6, 6.07) is 4.98. The number of hydrogen-bond acceptors (Lipinski definition) is 2. The van der Waals surface area contributed by atoms with Crippen LogP contribution < -0.4 is 4.74 Å². The Labute approximate surface area is 121 Å². The average molecular weight is 280 g/mol. The molecule has 1 fully saturated rings. The van der Waals surface area contributed by atoms with Crippen LogP contribution in [0.5, 0.6) is 5.75 Å². The molecule has 1 aliphatic rings. The number of ether oxygens (including phenoxy) is 1. The Morgan fingerprint density at radius 2 is 2.15 bits per heavy atom. The number of hydrogen-bond donors (Lipinski definition) is 1. The van der Waals surface area contributed by atoms with Crippen molar-refractivity contribution in [2.24, 2.45) is 11.8 Å². The second-order valence-electron chi connectivity index (χ2n) is 6.35. The van der Waals surface area contributed by atoms with E-state index in [9.17, 15) is 9.50 Å². The monoisotopic (exact) mass is 280 g/mol. The third-order valence-corrected chi connectivity index (χ3v) is 4.60. The molecule has 0 aliphatic heterocycles. The van der Waals surface area contributed by atoms with Gasteiger partial charge in [-0.1, -0.05) is 32.8 Å². The van der Waals surface area contributed by atoms with Crippen LogP contribution in [0.15, 0.2) is 18.2 Å². The minimum atomic E-state index is -0.701. The highest BCUT2D eigenvalue weighted by Crippen LogP contribution is 2.40. The van der Waals surface area contributed by atoms with Gasteiger partial charge < -0.3 is 9.84 Å². The zero-order valence-electron chi connectivity index (χ0n) is 12.7. The quantitative estimate of drug-likeness (QED) is 0.904. The van der Waals surface area contributed by atoms with Crippen LogP contribution in [0.25, 0.3) is 0 Å². The largest absolute Gasteiger partial charge is 0.494 e. The Morgan fingerprint density at radius 1 is 1.40 bits per heavy atom. The zero-order valence-corrected chi connectivity index (χ0v) is 12.7. The van der Waals surface area contributed by atoms with E-state index in [1.165, 1.54) is 19.6 Å². The minimum absolute atomic E-state index is 0.254. The average Bonchev–Trinajstić information content (AvgIpc) is 2.38. The van der Waals surface area contributed by atoms with Crippen LogP contribution in [0.4, 0.5) is 4.39 Å². The summed E-state index contributed by atoms with van der Waals surface area (Å²) in [5.74, 6) is 0.639. The predicted molar refractivity (Wildman–Crippen MR) is 78.4 cm³/mol. The first-order valence-electron chi connectivity index (χ1n) is 7.51. The second kappa shape index (κ2) is 6.13. The van der Waals surface area contributed by atoms with Crippen molar-refractivity contribution >= 4 is 0 Å². The van der Waals surface area contributed by atoms with Crippen molar-refractivity contribution < 1.29 is 14.2 Å². The lowest BCUT2D eigenvalue weighted by Crippen LogP contribution is -2.45. The van der Waals surface area contributed by atoms with Crippen molar-refractivity contribution in [2.75, 3.05) is 7.11 Å². The van der Waals surface area contributed by atoms with E-state index in [4.69, 9.17) is 4.74 Å². The van der Waals surface area contributed by atoms with Crippen LogP contribution in [0.1, 0.15) is 45.1 Å². The molecular formula is C17H25FO2. The van der Waals surface area contributed by atoms with Gasteiger partial charge in [0.1, 0.15) is 0 Å². The summed E-state index contributed by atoms with van der Waals surface area (Å²) in [5.41, 5.74) is 0.145. The number of halogens is 1. The molecule has 1 N–H and O–H groups in total. The van der Waals surface area contributed by atoms with Crippen molar-refractivity contribution in [1.82, 2.24) is 0 Å². The Balaban J connectivity index is 2.19. The van der Waals surface area contributed by atoms with Crippen molar-refractivity contribution in [2.45, 2.75) is 51.6 Å². The highest BCUT2D eigenvalue weighted by atomic mass is 19.1. The molecule has 0 spiro atoms. The summed E-state index contributed by atoms with van der Waals surface area (Å²) in [6.45, 7) is 4.32. The maximum atomic E-state index is 13.8. The van der Waals surface area contributed by atoms with Gasteiger partial charge in [0.15, 0.2) is 11.6 Å². The second-order valence-corrected chi connectivity index (χ2v) is 6.35. The molecule has 2 unspecified atom stereocenters. The lowest BCUT2D eigenvalue weighted by atomic mass is 9.68. The van der Waals surface area contributed by atoms with Crippen molar-refractivity contribution in [3.63, 3.8) is 0 Å². The van der Waals surface area contributed by atoms with Crippen LogP contribution in [0.3, 0.4) is 0 Å². The molecule has 1 aromatic rings. The lowest BCUT2D eigenvalue weighted by Gasteiger charge is -2.42. The first-order valence-corrected chi connectivity index (χ1v) is 7.51. The summed E-state index contributed by atoms with van der Waals surface area (Å²) in [5, 5.41) is 11.0. The van der Waals surface area contributed by atoms with Crippen molar-refractivity contribution in [1.29, 1.82) is 0 Å². The Hall–Kier alpha value is -1.09. The summed E-state index contributed by atoms with van der Waals surface area (Å²) in [6.07, 6.45) is 4.63. The van der Waals surface area contributed by atoms with Crippen LogP contribution in [0.2, 0.25) is 0 Å². The van der Waals surface area contributed by atoms with E-state index in [1.807, 2.05) is 6.07 Å². The van der Waals surface area contributed by atoms with E-state index in [0.717, 1.165) is 24.8 Å². The molecule has 1 aliphatic carbocycles. The van der Waals surface area contributed by atoms with Crippen molar-refractivity contribution in [3.05, 3.63) is 29.6 Å². The highest BCUT2D eigenvalue weighted by Gasteiger charge is 2.40. The van der Waals surface area contributed by atoms with Gasteiger partial charge in [0, 0.05) is 6.42 Å². The Morgan fingerprint density at radius 3 is 2.75 bits per heavy atom. The van der Waals surface area contributed by atoms with E-state index in [1.54, 1.807) is 6.07 Å². The molecule has 1 saturated carbocycles. The molecule has 2 atom stereocenters. The molecule has 0 heterocycles. The lowest BCUT2D eigenvalue weighted by molar-refractivity contribution is -0.0653.